The van der Waals surface area contributed by atoms with Gasteiger partial charge in [-0.05, 0) is 64.2 Å². The summed E-state index contributed by atoms with van der Waals surface area (Å²) in [6, 6.07) is 77.4. The average molecular weight is 809 g/mol. The molecule has 4 nitrogen and oxygen atoms in total. The maximum absolute atomic E-state index is 5.28. The van der Waals surface area contributed by atoms with Crippen LogP contribution in [0.25, 0.3) is 115 Å². The molecule has 0 aliphatic carbocycles. The number of benzene rings is 9. The predicted molar refractivity (Wildman–Crippen MR) is 260 cm³/mol. The Bertz CT molecular complexity index is 3570. The molecule has 3 aromatic heterocycles. The summed E-state index contributed by atoms with van der Waals surface area (Å²) in [5, 5.41) is 4.90. The molecule has 0 saturated heterocycles. The van der Waals surface area contributed by atoms with E-state index in [0.717, 1.165) is 38.2 Å². The third-order valence-corrected chi connectivity index (χ3v) is 13.1. The van der Waals surface area contributed by atoms with Crippen molar-refractivity contribution in [2.45, 2.75) is 0 Å². The molecule has 12 rings (SSSR count). The van der Waals surface area contributed by atoms with Gasteiger partial charge in [0.05, 0.1) is 16.7 Å². The summed E-state index contributed by atoms with van der Waals surface area (Å²) in [5.74, 6) is 1.92. The van der Waals surface area contributed by atoms with E-state index in [9.17, 15) is 0 Å². The zero-order chi connectivity index (χ0) is 41.0. The number of fused-ring (bicyclic) bond motifs is 6. The van der Waals surface area contributed by atoms with E-state index < -0.39 is 0 Å². The highest BCUT2D eigenvalue weighted by Gasteiger charge is 2.21. The standard InChI is InChI=1S/C57H36N4S/c1-3-16-37(17-4-1)38-32-34-39(35-33-38)41-20-13-21-42(36-41)56-58-55(40-18-5-2-6-19-40)59-57(60-56)48-27-14-26-47-53-46(25-15-31-52(53)62-54(47)48)45-24-9-12-30-51(45)61-49-28-10-7-22-43(49)44-23-8-11-29-50(44)61/h1-36H. The van der Waals surface area contributed by atoms with Gasteiger partial charge in [-0.1, -0.05) is 182 Å². The minimum Gasteiger partial charge on any atom is -0.309 e. The van der Waals surface area contributed by atoms with E-state index in [2.05, 4.69) is 199 Å². The fourth-order valence-corrected chi connectivity index (χ4v) is 10.2. The van der Waals surface area contributed by atoms with Gasteiger partial charge in [-0.3, -0.25) is 0 Å². The summed E-state index contributed by atoms with van der Waals surface area (Å²) in [6.45, 7) is 0. The van der Waals surface area contributed by atoms with Crippen LogP contribution in [0.3, 0.4) is 0 Å². The number of hydrogen-bond acceptors (Lipinski definition) is 4. The van der Waals surface area contributed by atoms with E-state index in [1.165, 1.54) is 59.5 Å². The minimum atomic E-state index is 0.635. The van der Waals surface area contributed by atoms with Crippen molar-refractivity contribution in [1.29, 1.82) is 0 Å². The van der Waals surface area contributed by atoms with Crippen molar-refractivity contribution in [1.82, 2.24) is 19.5 Å². The lowest BCUT2D eigenvalue weighted by atomic mass is 9.97. The number of aromatic nitrogens is 4. The van der Waals surface area contributed by atoms with Gasteiger partial charge in [0.25, 0.3) is 0 Å². The van der Waals surface area contributed by atoms with Gasteiger partial charge in [-0.25, -0.2) is 15.0 Å². The van der Waals surface area contributed by atoms with Crippen molar-refractivity contribution in [3.63, 3.8) is 0 Å². The topological polar surface area (TPSA) is 43.6 Å². The molecule has 62 heavy (non-hydrogen) atoms. The summed E-state index contributed by atoms with van der Waals surface area (Å²) < 4.78 is 4.78. The van der Waals surface area contributed by atoms with E-state index in [4.69, 9.17) is 15.0 Å². The molecule has 5 heteroatoms. The Labute approximate surface area is 362 Å². The Hall–Kier alpha value is -7.99. The Balaban J connectivity index is 1.01. The maximum Gasteiger partial charge on any atom is 0.165 e. The highest BCUT2D eigenvalue weighted by molar-refractivity contribution is 7.26. The van der Waals surface area contributed by atoms with E-state index >= 15 is 0 Å². The van der Waals surface area contributed by atoms with E-state index in [0.29, 0.717) is 17.5 Å². The molecule has 0 radical (unpaired) electrons. The zero-order valence-corrected chi connectivity index (χ0v) is 34.3. The lowest BCUT2D eigenvalue weighted by Gasteiger charge is -2.15. The van der Waals surface area contributed by atoms with Crippen molar-refractivity contribution < 1.29 is 0 Å². The first-order chi connectivity index (χ1) is 30.7. The van der Waals surface area contributed by atoms with Crippen LogP contribution in [0.1, 0.15) is 0 Å². The quantitative estimate of drug-likeness (QED) is 0.161. The van der Waals surface area contributed by atoms with Crippen molar-refractivity contribution in [2.75, 3.05) is 0 Å². The molecule has 0 N–H and O–H groups in total. The second-order valence-electron chi connectivity index (χ2n) is 15.5. The molecule has 0 unspecified atom stereocenters. The summed E-state index contributed by atoms with van der Waals surface area (Å²) in [4.78, 5) is 15.6. The number of thiophene rings is 1. The highest BCUT2D eigenvalue weighted by Crippen LogP contribution is 2.45. The summed E-state index contributed by atoms with van der Waals surface area (Å²) in [5.41, 5.74) is 13.4. The van der Waals surface area contributed by atoms with Crippen LogP contribution in [-0.4, -0.2) is 19.5 Å². The molecule has 3 heterocycles. The molecule has 0 amide bonds. The molecule has 0 aliphatic rings. The van der Waals surface area contributed by atoms with Gasteiger partial charge in [0.1, 0.15) is 0 Å². The van der Waals surface area contributed by atoms with Crippen LogP contribution in [0.15, 0.2) is 218 Å². The van der Waals surface area contributed by atoms with Gasteiger partial charge in [0.2, 0.25) is 0 Å². The summed E-state index contributed by atoms with van der Waals surface area (Å²) >= 11 is 1.80. The van der Waals surface area contributed by atoms with Crippen LogP contribution in [0.5, 0.6) is 0 Å². The molecule has 0 fully saturated rings. The van der Waals surface area contributed by atoms with Gasteiger partial charge in [0.15, 0.2) is 17.5 Å². The molecule has 0 aliphatic heterocycles. The maximum atomic E-state index is 5.28. The first-order valence-electron chi connectivity index (χ1n) is 20.9. The van der Waals surface area contributed by atoms with Crippen LogP contribution in [-0.2, 0) is 0 Å². The Kier molecular flexibility index (Phi) is 8.65. The second kappa shape index (κ2) is 14.9. The molecule has 12 aromatic rings. The van der Waals surface area contributed by atoms with Crippen LogP contribution in [0, 0.1) is 0 Å². The third kappa shape index (κ3) is 6.09. The highest BCUT2D eigenvalue weighted by atomic mass is 32.1. The second-order valence-corrected chi connectivity index (χ2v) is 16.6. The Morgan fingerprint density at radius 1 is 0.323 bits per heavy atom. The monoisotopic (exact) mass is 808 g/mol. The van der Waals surface area contributed by atoms with Gasteiger partial charge in [0, 0.05) is 53.2 Å². The van der Waals surface area contributed by atoms with Crippen molar-refractivity contribution >= 4 is 53.3 Å². The predicted octanol–water partition coefficient (Wildman–Crippen LogP) is 15.3. The lowest BCUT2D eigenvalue weighted by Crippen LogP contribution is -2.00. The fourth-order valence-electron chi connectivity index (χ4n) is 8.99. The molecule has 9 aromatic carbocycles. The van der Waals surface area contributed by atoms with Crippen molar-refractivity contribution in [3.8, 4) is 73.2 Å². The molecule has 290 valence electrons. The largest absolute Gasteiger partial charge is 0.309 e. The normalized spacial score (nSPS) is 11.5. The Morgan fingerprint density at radius 2 is 0.806 bits per heavy atom. The van der Waals surface area contributed by atoms with Crippen LogP contribution < -0.4 is 0 Å². The lowest BCUT2D eigenvalue weighted by molar-refractivity contribution is 1.08. The molecule has 0 spiro atoms. The molecular formula is C57H36N4S. The number of hydrogen-bond donors (Lipinski definition) is 0. The van der Waals surface area contributed by atoms with E-state index in [1.807, 2.05) is 24.3 Å². The number of para-hydroxylation sites is 3. The van der Waals surface area contributed by atoms with Crippen LogP contribution in [0.2, 0.25) is 0 Å². The van der Waals surface area contributed by atoms with Crippen molar-refractivity contribution in [3.05, 3.63) is 218 Å². The van der Waals surface area contributed by atoms with Gasteiger partial charge >= 0.3 is 0 Å². The fraction of sp³-hybridized carbons (Fsp3) is 0. The summed E-state index contributed by atoms with van der Waals surface area (Å²) in [6.07, 6.45) is 0. The number of rotatable bonds is 7. The average Bonchev–Trinajstić information content (AvgIpc) is 3.91. The van der Waals surface area contributed by atoms with E-state index in [-0.39, 0.29) is 0 Å². The summed E-state index contributed by atoms with van der Waals surface area (Å²) in [7, 11) is 0. The van der Waals surface area contributed by atoms with Crippen LogP contribution >= 0.6 is 11.3 Å². The first kappa shape index (κ1) is 35.9. The molecule has 0 bridgehead atoms. The van der Waals surface area contributed by atoms with Gasteiger partial charge in [-0.15, -0.1) is 11.3 Å². The minimum absolute atomic E-state index is 0.635. The first-order valence-corrected chi connectivity index (χ1v) is 21.7. The third-order valence-electron chi connectivity index (χ3n) is 11.9. The van der Waals surface area contributed by atoms with E-state index in [1.54, 1.807) is 11.3 Å². The Morgan fingerprint density at radius 3 is 1.55 bits per heavy atom. The molecule has 0 saturated carbocycles. The molecule has 0 atom stereocenters. The number of nitrogens with zero attached hydrogens (tertiary/aromatic N) is 4. The SMILES string of the molecule is c1ccc(-c2ccc(-c3cccc(-c4nc(-c5ccccc5)nc(-c5cccc6c5sc5cccc(-c7ccccc7-n7c8ccccc8c8ccccc87)c56)n4)c3)cc2)cc1. The smallest absolute Gasteiger partial charge is 0.165 e. The van der Waals surface area contributed by atoms with Gasteiger partial charge in [-0.2, -0.15) is 0 Å². The zero-order valence-electron chi connectivity index (χ0n) is 33.5. The van der Waals surface area contributed by atoms with Crippen LogP contribution in [0.4, 0.5) is 0 Å². The van der Waals surface area contributed by atoms with Gasteiger partial charge < -0.3 is 4.57 Å². The molecular weight excluding hydrogens is 773 g/mol. The van der Waals surface area contributed by atoms with Crippen molar-refractivity contribution in [2.24, 2.45) is 0 Å².